The van der Waals surface area contributed by atoms with Gasteiger partial charge in [0.1, 0.15) is 12.1 Å². The SMILES string of the molecule is CNc1nc2c(N)ncnc2n1[C@@H]1OC2=CC(C(=O)O)(C(O)C(=O)O)OC2[C@@]1(C)O. The van der Waals surface area contributed by atoms with Gasteiger partial charge in [-0.2, -0.15) is 0 Å². The number of aliphatic carboxylic acids is 2. The van der Waals surface area contributed by atoms with Crippen molar-refractivity contribution < 1.29 is 39.5 Å². The van der Waals surface area contributed by atoms with Gasteiger partial charge in [0.25, 0.3) is 0 Å². The van der Waals surface area contributed by atoms with E-state index in [9.17, 15) is 24.9 Å². The molecule has 0 aromatic carbocycles. The highest BCUT2D eigenvalue weighted by atomic mass is 16.6. The highest BCUT2D eigenvalue weighted by molar-refractivity contribution is 5.90. The second-order valence-corrected chi connectivity index (χ2v) is 7.07. The Labute approximate surface area is 167 Å². The molecule has 0 saturated carbocycles. The van der Waals surface area contributed by atoms with Crippen LogP contribution in [-0.2, 0) is 19.1 Å². The third-order valence-electron chi connectivity index (χ3n) is 5.14. The van der Waals surface area contributed by atoms with Crippen LogP contribution in [0.4, 0.5) is 11.8 Å². The van der Waals surface area contributed by atoms with E-state index < -0.39 is 41.6 Å². The zero-order valence-corrected chi connectivity index (χ0v) is 15.7. The lowest BCUT2D eigenvalue weighted by Gasteiger charge is -2.33. The van der Waals surface area contributed by atoms with Gasteiger partial charge < -0.3 is 41.0 Å². The number of fused-ring (bicyclic) bond motifs is 2. The Kier molecular flexibility index (Phi) is 4.13. The first-order valence-electron chi connectivity index (χ1n) is 8.64. The number of hydrogen-bond donors (Lipinski definition) is 6. The molecular weight excluding hydrogens is 404 g/mol. The summed E-state index contributed by atoms with van der Waals surface area (Å²) in [5, 5.41) is 42.6. The number of carbonyl (C=O) groups is 2. The Morgan fingerprint density at radius 1 is 1.37 bits per heavy atom. The molecule has 7 N–H and O–H groups in total. The number of carboxylic acids is 2. The molecule has 0 spiro atoms. The Hall–Kier alpha value is -3.49. The van der Waals surface area contributed by atoms with Crippen LogP contribution in [0.25, 0.3) is 11.2 Å². The van der Waals surface area contributed by atoms with Crippen LogP contribution in [-0.4, -0.2) is 82.3 Å². The van der Waals surface area contributed by atoms with E-state index in [2.05, 4.69) is 20.3 Å². The van der Waals surface area contributed by atoms with Gasteiger partial charge in [0.2, 0.25) is 17.8 Å². The van der Waals surface area contributed by atoms with Gasteiger partial charge in [-0.15, -0.1) is 0 Å². The van der Waals surface area contributed by atoms with E-state index in [1.807, 2.05) is 0 Å². The van der Waals surface area contributed by atoms with E-state index >= 15 is 0 Å². The third-order valence-corrected chi connectivity index (χ3v) is 5.14. The number of rotatable bonds is 5. The minimum absolute atomic E-state index is 0.0954. The Balaban J connectivity index is 1.83. The molecule has 0 amide bonds. The first-order valence-corrected chi connectivity index (χ1v) is 8.64. The highest BCUT2D eigenvalue weighted by Crippen LogP contribution is 2.50. The average Bonchev–Trinajstić information content (AvgIpc) is 3.31. The van der Waals surface area contributed by atoms with Crippen LogP contribution >= 0.6 is 0 Å². The molecule has 160 valence electrons. The van der Waals surface area contributed by atoms with Crippen molar-refractivity contribution in [1.82, 2.24) is 19.5 Å². The van der Waals surface area contributed by atoms with Crippen LogP contribution in [0.15, 0.2) is 18.2 Å². The quantitative estimate of drug-likeness (QED) is 0.316. The molecule has 14 heteroatoms. The van der Waals surface area contributed by atoms with Crippen LogP contribution in [0, 0.1) is 0 Å². The summed E-state index contributed by atoms with van der Waals surface area (Å²) in [5.74, 6) is -3.40. The number of aliphatic hydroxyl groups is 2. The molecule has 4 heterocycles. The van der Waals surface area contributed by atoms with Gasteiger partial charge in [-0.3, -0.25) is 4.57 Å². The number of carboxylic acid groups (broad SMARTS) is 2. The van der Waals surface area contributed by atoms with Crippen LogP contribution in [0.2, 0.25) is 0 Å². The van der Waals surface area contributed by atoms with Crippen molar-refractivity contribution in [2.24, 2.45) is 0 Å². The van der Waals surface area contributed by atoms with Crippen molar-refractivity contribution in [3.8, 4) is 0 Å². The monoisotopic (exact) mass is 422 g/mol. The summed E-state index contributed by atoms with van der Waals surface area (Å²) in [6.07, 6.45) is -2.98. The lowest BCUT2D eigenvalue weighted by molar-refractivity contribution is -0.199. The molecule has 3 unspecified atom stereocenters. The summed E-state index contributed by atoms with van der Waals surface area (Å²) >= 11 is 0. The summed E-state index contributed by atoms with van der Waals surface area (Å²) in [7, 11) is 1.57. The van der Waals surface area contributed by atoms with Crippen molar-refractivity contribution in [2.45, 2.75) is 36.6 Å². The summed E-state index contributed by atoms with van der Waals surface area (Å²) in [5.41, 5.74) is 1.77. The lowest BCUT2D eigenvalue weighted by Crippen LogP contribution is -2.55. The van der Waals surface area contributed by atoms with Gasteiger partial charge in [-0.1, -0.05) is 0 Å². The van der Waals surface area contributed by atoms with E-state index in [0.29, 0.717) is 0 Å². The number of nitrogens with one attached hydrogen (secondary N) is 1. The maximum atomic E-state index is 11.7. The maximum absolute atomic E-state index is 11.7. The lowest BCUT2D eigenvalue weighted by atomic mass is 9.97. The number of nitrogens with two attached hydrogens (primary N) is 1. The van der Waals surface area contributed by atoms with Gasteiger partial charge in [-0.25, -0.2) is 24.5 Å². The molecule has 4 rings (SSSR count). The fraction of sp³-hybridized carbons (Fsp3) is 0.438. The zero-order valence-electron chi connectivity index (χ0n) is 15.7. The minimum Gasteiger partial charge on any atom is -0.479 e. The molecule has 2 aromatic rings. The van der Waals surface area contributed by atoms with E-state index in [1.54, 1.807) is 7.05 Å². The fourth-order valence-electron chi connectivity index (χ4n) is 3.65. The van der Waals surface area contributed by atoms with Gasteiger partial charge in [0.05, 0.1) is 0 Å². The van der Waals surface area contributed by atoms with Gasteiger partial charge in [-0.05, 0) is 6.92 Å². The molecule has 0 aliphatic carbocycles. The molecule has 14 nitrogen and oxygen atoms in total. The number of ether oxygens (including phenoxy) is 2. The maximum Gasteiger partial charge on any atom is 0.343 e. The van der Waals surface area contributed by atoms with Crippen molar-refractivity contribution in [3.63, 3.8) is 0 Å². The zero-order chi connectivity index (χ0) is 22.0. The molecule has 2 aromatic heterocycles. The number of nitrogens with zero attached hydrogens (tertiary/aromatic N) is 4. The smallest absolute Gasteiger partial charge is 0.343 e. The number of aliphatic hydroxyl groups excluding tert-OH is 1. The number of anilines is 2. The van der Waals surface area contributed by atoms with Crippen molar-refractivity contribution in [1.29, 1.82) is 0 Å². The normalized spacial score (nSPS) is 31.1. The van der Waals surface area contributed by atoms with Crippen LogP contribution in [0.3, 0.4) is 0 Å². The van der Waals surface area contributed by atoms with E-state index in [4.69, 9.17) is 20.3 Å². The van der Waals surface area contributed by atoms with E-state index in [-0.39, 0.29) is 28.7 Å². The van der Waals surface area contributed by atoms with Crippen molar-refractivity contribution in [2.75, 3.05) is 18.1 Å². The van der Waals surface area contributed by atoms with E-state index in [0.717, 1.165) is 6.08 Å². The molecule has 0 bridgehead atoms. The average molecular weight is 422 g/mol. The van der Waals surface area contributed by atoms with Gasteiger partial charge >= 0.3 is 11.9 Å². The fourth-order valence-corrected chi connectivity index (χ4v) is 3.65. The molecule has 5 atom stereocenters. The minimum atomic E-state index is -2.63. The summed E-state index contributed by atoms with van der Waals surface area (Å²) in [6, 6.07) is 0. The third kappa shape index (κ3) is 2.44. The Morgan fingerprint density at radius 3 is 2.63 bits per heavy atom. The Morgan fingerprint density at radius 2 is 2.07 bits per heavy atom. The highest BCUT2D eigenvalue weighted by Gasteiger charge is 2.65. The molecule has 1 saturated heterocycles. The molecule has 2 aliphatic heterocycles. The largest absolute Gasteiger partial charge is 0.479 e. The predicted octanol–water partition coefficient (Wildman–Crippen LogP) is -1.72. The summed E-state index contributed by atoms with van der Waals surface area (Å²) in [6.45, 7) is 1.31. The topological polar surface area (TPSA) is 215 Å². The molecule has 2 aliphatic rings. The first-order chi connectivity index (χ1) is 14.0. The second kappa shape index (κ2) is 6.25. The van der Waals surface area contributed by atoms with Crippen LogP contribution < -0.4 is 11.1 Å². The standard InChI is InChI=1S/C16H18N6O8/c1-15(28)8-5(3-16(30-8,13(26)27)7(23)11(24)25)29-12(15)22-10-6(21-14(22)18-2)9(17)19-4-20-10/h3-4,7-8,12,23,28H,1-2H3,(H,18,21)(H,24,25)(H,26,27)(H2,17,19,20)/t7?,8?,12-,15-,16?/m1/s1. The molecular formula is C16H18N6O8. The molecule has 1 fully saturated rings. The number of imidazole rings is 1. The van der Waals surface area contributed by atoms with E-state index in [1.165, 1.54) is 17.8 Å². The second-order valence-electron chi connectivity index (χ2n) is 7.07. The number of hydrogen-bond acceptors (Lipinski definition) is 11. The van der Waals surface area contributed by atoms with Crippen LogP contribution in [0.5, 0.6) is 0 Å². The predicted molar refractivity (Wildman–Crippen MR) is 97.0 cm³/mol. The summed E-state index contributed by atoms with van der Waals surface area (Å²) in [4.78, 5) is 35.2. The molecule has 30 heavy (non-hydrogen) atoms. The van der Waals surface area contributed by atoms with Crippen LogP contribution in [0.1, 0.15) is 13.2 Å². The van der Waals surface area contributed by atoms with Gasteiger partial charge in [0, 0.05) is 13.1 Å². The summed E-state index contributed by atoms with van der Waals surface area (Å²) < 4.78 is 12.6. The van der Waals surface area contributed by atoms with Crippen molar-refractivity contribution in [3.05, 3.63) is 18.2 Å². The Bertz CT molecular complexity index is 1100. The number of nitrogen functional groups attached to an aromatic ring is 1. The molecule has 0 radical (unpaired) electrons. The number of aromatic nitrogens is 4. The van der Waals surface area contributed by atoms with Crippen molar-refractivity contribution >= 4 is 34.9 Å². The first kappa shape index (κ1) is 19.8. The van der Waals surface area contributed by atoms with Gasteiger partial charge in [0.15, 0.2) is 34.8 Å².